The van der Waals surface area contributed by atoms with Crippen LogP contribution in [0.3, 0.4) is 0 Å². The predicted octanol–water partition coefficient (Wildman–Crippen LogP) is 1.33. The number of nitrogens with zero attached hydrogens (tertiary/aromatic N) is 2. The highest BCUT2D eigenvalue weighted by Gasteiger charge is 2.26. The standard InChI is InChI=1S/C15H15F2N3O3S/c1-19-2-3-20-9-13(7-14(20)15(19)21)24(22,23)18-8-10-4-11(16)6-12(17)5-10/h4-7,9,18H,2-3,8H2,1H3. The van der Waals surface area contributed by atoms with Crippen molar-refractivity contribution in [3.05, 3.63) is 53.4 Å². The van der Waals surface area contributed by atoms with E-state index in [1.165, 1.54) is 17.2 Å². The molecule has 1 aliphatic rings. The van der Waals surface area contributed by atoms with E-state index in [4.69, 9.17) is 0 Å². The van der Waals surface area contributed by atoms with E-state index in [1.807, 2.05) is 0 Å². The zero-order chi connectivity index (χ0) is 17.5. The molecule has 0 saturated carbocycles. The molecule has 0 bridgehead atoms. The van der Waals surface area contributed by atoms with Gasteiger partial charge in [0.1, 0.15) is 22.2 Å². The summed E-state index contributed by atoms with van der Waals surface area (Å²) in [4.78, 5) is 13.5. The van der Waals surface area contributed by atoms with E-state index in [1.54, 1.807) is 11.6 Å². The third kappa shape index (κ3) is 3.17. The molecule has 1 amide bonds. The highest BCUT2D eigenvalue weighted by atomic mass is 32.2. The van der Waals surface area contributed by atoms with Gasteiger partial charge in [0, 0.05) is 38.9 Å². The molecule has 0 unspecified atom stereocenters. The lowest BCUT2D eigenvalue weighted by atomic mass is 10.2. The Morgan fingerprint density at radius 1 is 1.12 bits per heavy atom. The van der Waals surface area contributed by atoms with E-state index in [2.05, 4.69) is 4.72 Å². The summed E-state index contributed by atoms with van der Waals surface area (Å²) >= 11 is 0. The molecule has 0 fully saturated rings. The van der Waals surface area contributed by atoms with Crippen LogP contribution < -0.4 is 4.72 Å². The number of hydrogen-bond acceptors (Lipinski definition) is 3. The molecule has 1 aromatic heterocycles. The molecular weight excluding hydrogens is 340 g/mol. The Labute approximate surface area is 137 Å². The third-order valence-corrected chi connectivity index (χ3v) is 5.18. The summed E-state index contributed by atoms with van der Waals surface area (Å²) in [7, 11) is -2.26. The fraction of sp³-hybridized carbons (Fsp3) is 0.267. The van der Waals surface area contributed by atoms with Crippen molar-refractivity contribution in [1.82, 2.24) is 14.2 Å². The van der Waals surface area contributed by atoms with Gasteiger partial charge in [-0.1, -0.05) is 0 Å². The number of benzene rings is 1. The molecule has 2 aromatic rings. The minimum atomic E-state index is -3.91. The lowest BCUT2D eigenvalue weighted by Gasteiger charge is -2.23. The van der Waals surface area contributed by atoms with Crippen LogP contribution in [-0.2, 0) is 23.1 Å². The Kier molecular flexibility index (Phi) is 4.14. The van der Waals surface area contributed by atoms with Crippen LogP contribution >= 0.6 is 0 Å². The van der Waals surface area contributed by atoms with Gasteiger partial charge in [-0.15, -0.1) is 0 Å². The first-order valence-electron chi connectivity index (χ1n) is 7.16. The van der Waals surface area contributed by atoms with Gasteiger partial charge in [-0.3, -0.25) is 4.79 Å². The van der Waals surface area contributed by atoms with E-state index in [0.29, 0.717) is 24.8 Å². The van der Waals surface area contributed by atoms with Gasteiger partial charge in [0.2, 0.25) is 10.0 Å². The van der Waals surface area contributed by atoms with E-state index < -0.39 is 21.7 Å². The summed E-state index contributed by atoms with van der Waals surface area (Å²) in [6.07, 6.45) is 1.38. The number of aromatic nitrogens is 1. The second-order valence-electron chi connectivity index (χ2n) is 5.58. The van der Waals surface area contributed by atoms with Gasteiger partial charge in [0.05, 0.1) is 0 Å². The maximum atomic E-state index is 13.1. The lowest BCUT2D eigenvalue weighted by molar-refractivity contribution is 0.0749. The SMILES string of the molecule is CN1CCn2cc(S(=O)(=O)NCc3cc(F)cc(F)c3)cc2C1=O. The molecule has 128 valence electrons. The number of likely N-dealkylation sites (N-methyl/N-ethyl adjacent to an activating group) is 1. The van der Waals surface area contributed by atoms with Gasteiger partial charge in [-0.05, 0) is 23.8 Å². The number of nitrogens with one attached hydrogen (secondary N) is 1. The largest absolute Gasteiger partial charge is 0.340 e. The molecule has 3 rings (SSSR count). The smallest absolute Gasteiger partial charge is 0.270 e. The molecule has 6 nitrogen and oxygen atoms in total. The first-order valence-corrected chi connectivity index (χ1v) is 8.65. The summed E-state index contributed by atoms with van der Waals surface area (Å²) < 4.78 is 54.8. The summed E-state index contributed by atoms with van der Waals surface area (Å²) in [6.45, 7) is 0.740. The van der Waals surface area contributed by atoms with Crippen molar-refractivity contribution in [3.8, 4) is 0 Å². The fourth-order valence-corrected chi connectivity index (χ4v) is 3.58. The van der Waals surface area contributed by atoms with Crippen molar-refractivity contribution < 1.29 is 22.0 Å². The molecule has 9 heteroatoms. The minimum Gasteiger partial charge on any atom is -0.340 e. The van der Waals surface area contributed by atoms with Gasteiger partial charge in [-0.25, -0.2) is 21.9 Å². The van der Waals surface area contributed by atoms with Gasteiger partial charge in [0.25, 0.3) is 5.91 Å². The van der Waals surface area contributed by atoms with Gasteiger partial charge >= 0.3 is 0 Å². The maximum absolute atomic E-state index is 13.1. The average Bonchev–Trinajstić information content (AvgIpc) is 2.94. The van der Waals surface area contributed by atoms with E-state index in [-0.39, 0.29) is 22.9 Å². The van der Waals surface area contributed by atoms with Crippen LogP contribution in [0.4, 0.5) is 8.78 Å². The number of rotatable bonds is 4. The number of halogens is 2. The monoisotopic (exact) mass is 355 g/mol. The van der Waals surface area contributed by atoms with Crippen LogP contribution in [0.25, 0.3) is 0 Å². The topological polar surface area (TPSA) is 71.4 Å². The minimum absolute atomic E-state index is 0.0574. The molecule has 1 N–H and O–H groups in total. The van der Waals surface area contributed by atoms with Crippen LogP contribution in [0.1, 0.15) is 16.1 Å². The number of amides is 1. The Morgan fingerprint density at radius 3 is 2.46 bits per heavy atom. The number of carbonyl (C=O) groups excluding carboxylic acids is 1. The molecular formula is C15H15F2N3O3S. The zero-order valence-corrected chi connectivity index (χ0v) is 13.6. The zero-order valence-electron chi connectivity index (χ0n) is 12.8. The van der Waals surface area contributed by atoms with Crippen LogP contribution in [0.5, 0.6) is 0 Å². The third-order valence-electron chi connectivity index (χ3n) is 3.81. The number of hydrogen-bond donors (Lipinski definition) is 1. The predicted molar refractivity (Wildman–Crippen MR) is 81.8 cm³/mol. The summed E-state index contributed by atoms with van der Waals surface area (Å²) in [6, 6.07) is 4.11. The Hall–Kier alpha value is -2.26. The van der Waals surface area contributed by atoms with Crippen molar-refractivity contribution in [2.45, 2.75) is 18.0 Å². The molecule has 2 heterocycles. The molecule has 1 aromatic carbocycles. The van der Waals surface area contributed by atoms with E-state index >= 15 is 0 Å². The van der Waals surface area contributed by atoms with Crippen LogP contribution in [0.15, 0.2) is 35.4 Å². The van der Waals surface area contributed by atoms with Crippen molar-refractivity contribution in [2.24, 2.45) is 0 Å². The second kappa shape index (κ2) is 5.99. The van der Waals surface area contributed by atoms with E-state index in [0.717, 1.165) is 12.1 Å². The number of sulfonamides is 1. The maximum Gasteiger partial charge on any atom is 0.270 e. The van der Waals surface area contributed by atoms with Crippen molar-refractivity contribution in [3.63, 3.8) is 0 Å². The summed E-state index contributed by atoms with van der Waals surface area (Å²) in [5.74, 6) is -1.82. The first kappa shape index (κ1) is 16.6. The Balaban J connectivity index is 1.81. The van der Waals surface area contributed by atoms with Gasteiger partial charge in [-0.2, -0.15) is 0 Å². The van der Waals surface area contributed by atoms with Crippen molar-refractivity contribution in [1.29, 1.82) is 0 Å². The van der Waals surface area contributed by atoms with Crippen LogP contribution in [0.2, 0.25) is 0 Å². The normalized spacial score (nSPS) is 14.8. The first-order chi connectivity index (χ1) is 11.3. The highest BCUT2D eigenvalue weighted by Crippen LogP contribution is 2.19. The average molecular weight is 355 g/mol. The number of carbonyl (C=O) groups is 1. The molecule has 24 heavy (non-hydrogen) atoms. The Morgan fingerprint density at radius 2 is 1.79 bits per heavy atom. The van der Waals surface area contributed by atoms with Crippen LogP contribution in [0, 0.1) is 11.6 Å². The highest BCUT2D eigenvalue weighted by molar-refractivity contribution is 7.89. The number of fused-ring (bicyclic) bond motifs is 1. The summed E-state index contributed by atoms with van der Waals surface area (Å²) in [5, 5.41) is 0. The van der Waals surface area contributed by atoms with Crippen molar-refractivity contribution >= 4 is 15.9 Å². The quantitative estimate of drug-likeness (QED) is 0.899. The van der Waals surface area contributed by atoms with Crippen LogP contribution in [-0.4, -0.2) is 37.4 Å². The Bertz CT molecular complexity index is 888. The van der Waals surface area contributed by atoms with Gasteiger partial charge in [0.15, 0.2) is 0 Å². The molecule has 0 aliphatic carbocycles. The van der Waals surface area contributed by atoms with Gasteiger partial charge < -0.3 is 9.47 Å². The molecule has 0 spiro atoms. The molecule has 1 aliphatic heterocycles. The molecule has 0 radical (unpaired) electrons. The molecule has 0 saturated heterocycles. The lowest BCUT2D eigenvalue weighted by Crippen LogP contribution is -2.36. The second-order valence-corrected chi connectivity index (χ2v) is 7.35. The summed E-state index contributed by atoms with van der Waals surface area (Å²) in [5.41, 5.74) is 0.455. The van der Waals surface area contributed by atoms with Crippen molar-refractivity contribution in [2.75, 3.05) is 13.6 Å². The fourth-order valence-electron chi connectivity index (χ4n) is 2.52. The molecule has 0 atom stereocenters. The van der Waals surface area contributed by atoms with E-state index in [9.17, 15) is 22.0 Å².